The minimum atomic E-state index is -0.180. The van der Waals surface area contributed by atoms with Gasteiger partial charge in [0.1, 0.15) is 13.2 Å². The number of rotatable bonds is 5. The fourth-order valence-electron chi connectivity index (χ4n) is 2.42. The smallest absolute Gasteiger partial charge is 0.277 e. The molecular formula is C18H14BrN3O4S. The molecule has 0 fully saturated rings. The van der Waals surface area contributed by atoms with E-state index in [1.807, 2.05) is 24.3 Å². The molecule has 1 amide bonds. The van der Waals surface area contributed by atoms with Gasteiger partial charge in [0.2, 0.25) is 11.8 Å². The van der Waals surface area contributed by atoms with E-state index in [1.165, 1.54) is 11.8 Å². The van der Waals surface area contributed by atoms with Crippen molar-refractivity contribution in [1.82, 2.24) is 10.2 Å². The molecule has 27 heavy (non-hydrogen) atoms. The van der Waals surface area contributed by atoms with Crippen molar-refractivity contribution in [2.24, 2.45) is 0 Å². The van der Waals surface area contributed by atoms with Gasteiger partial charge >= 0.3 is 0 Å². The molecule has 0 saturated heterocycles. The largest absolute Gasteiger partial charge is 0.486 e. The normalized spacial score (nSPS) is 12.6. The van der Waals surface area contributed by atoms with E-state index in [1.54, 1.807) is 18.2 Å². The summed E-state index contributed by atoms with van der Waals surface area (Å²) in [6.07, 6.45) is 0. The van der Waals surface area contributed by atoms with Gasteiger partial charge in [0.25, 0.3) is 5.22 Å². The number of benzene rings is 2. The number of carbonyl (C=O) groups excluding carboxylic acids is 1. The Bertz CT molecular complexity index is 961. The first-order chi connectivity index (χ1) is 13.2. The van der Waals surface area contributed by atoms with E-state index in [2.05, 4.69) is 31.4 Å². The van der Waals surface area contributed by atoms with Crippen LogP contribution in [-0.4, -0.2) is 35.1 Å². The molecule has 1 N–H and O–H groups in total. The van der Waals surface area contributed by atoms with Gasteiger partial charge in [0, 0.05) is 21.8 Å². The molecule has 0 aliphatic carbocycles. The van der Waals surface area contributed by atoms with E-state index in [9.17, 15) is 4.79 Å². The SMILES string of the molecule is O=C(CSc1nnc(-c2ccc(Br)cc2)o1)Nc1ccc2c(c1)OCCO2. The Hall–Kier alpha value is -2.52. The molecule has 3 aromatic rings. The number of fused-ring (bicyclic) bond motifs is 1. The van der Waals surface area contributed by atoms with Crippen molar-refractivity contribution in [3.05, 3.63) is 46.9 Å². The molecule has 0 saturated carbocycles. The third kappa shape index (κ3) is 4.42. The van der Waals surface area contributed by atoms with Crippen molar-refractivity contribution in [2.75, 3.05) is 24.3 Å². The van der Waals surface area contributed by atoms with Crippen LogP contribution in [0.2, 0.25) is 0 Å². The minimum absolute atomic E-state index is 0.149. The van der Waals surface area contributed by atoms with Crippen LogP contribution in [-0.2, 0) is 4.79 Å². The van der Waals surface area contributed by atoms with Gasteiger partial charge in [-0.1, -0.05) is 27.7 Å². The van der Waals surface area contributed by atoms with E-state index >= 15 is 0 Å². The second kappa shape index (κ2) is 8.01. The van der Waals surface area contributed by atoms with Crippen LogP contribution in [0.25, 0.3) is 11.5 Å². The molecule has 0 bridgehead atoms. The van der Waals surface area contributed by atoms with Crippen LogP contribution < -0.4 is 14.8 Å². The first-order valence-corrected chi connectivity index (χ1v) is 9.87. The third-order valence-corrected chi connectivity index (χ3v) is 5.00. The molecule has 0 spiro atoms. The van der Waals surface area contributed by atoms with Crippen molar-refractivity contribution in [3.63, 3.8) is 0 Å². The number of hydrogen-bond donors (Lipinski definition) is 1. The Labute approximate surface area is 167 Å². The minimum Gasteiger partial charge on any atom is -0.486 e. The zero-order valence-corrected chi connectivity index (χ0v) is 16.4. The number of thioether (sulfide) groups is 1. The average molecular weight is 448 g/mol. The number of halogens is 1. The Morgan fingerprint density at radius 3 is 2.67 bits per heavy atom. The van der Waals surface area contributed by atoms with Crippen LogP contribution in [0.4, 0.5) is 5.69 Å². The van der Waals surface area contributed by atoms with Crippen molar-refractivity contribution < 1.29 is 18.7 Å². The van der Waals surface area contributed by atoms with Gasteiger partial charge in [-0.05, 0) is 36.4 Å². The zero-order chi connectivity index (χ0) is 18.6. The van der Waals surface area contributed by atoms with Gasteiger partial charge < -0.3 is 19.2 Å². The predicted molar refractivity (Wildman–Crippen MR) is 104 cm³/mol. The molecule has 1 aliphatic heterocycles. The summed E-state index contributed by atoms with van der Waals surface area (Å²) in [7, 11) is 0. The summed E-state index contributed by atoms with van der Waals surface area (Å²) in [4.78, 5) is 12.2. The van der Waals surface area contributed by atoms with Crippen molar-refractivity contribution in [3.8, 4) is 23.0 Å². The van der Waals surface area contributed by atoms with Gasteiger partial charge in [-0.2, -0.15) is 0 Å². The highest BCUT2D eigenvalue weighted by Gasteiger charge is 2.14. The fourth-order valence-corrected chi connectivity index (χ4v) is 3.25. The van der Waals surface area contributed by atoms with Crippen LogP contribution in [0.3, 0.4) is 0 Å². The quantitative estimate of drug-likeness (QED) is 0.591. The molecule has 0 radical (unpaired) electrons. The Kier molecular flexibility index (Phi) is 5.30. The lowest BCUT2D eigenvalue weighted by molar-refractivity contribution is -0.113. The molecule has 7 nitrogen and oxygen atoms in total. The molecule has 2 heterocycles. The maximum atomic E-state index is 12.2. The average Bonchev–Trinajstić information content (AvgIpc) is 3.16. The molecular weight excluding hydrogens is 434 g/mol. The van der Waals surface area contributed by atoms with Gasteiger partial charge in [0.15, 0.2) is 11.5 Å². The first kappa shape index (κ1) is 17.9. The standard InChI is InChI=1S/C18H14BrN3O4S/c19-12-3-1-11(2-4-12)17-21-22-18(26-17)27-10-16(23)20-13-5-6-14-15(9-13)25-8-7-24-14/h1-6,9H,7-8,10H2,(H,20,23). The molecule has 4 rings (SSSR count). The van der Waals surface area contributed by atoms with E-state index in [0.29, 0.717) is 41.5 Å². The highest BCUT2D eigenvalue weighted by molar-refractivity contribution is 9.10. The molecule has 0 atom stereocenters. The first-order valence-electron chi connectivity index (χ1n) is 8.09. The Morgan fingerprint density at radius 1 is 1.07 bits per heavy atom. The number of nitrogens with zero attached hydrogens (tertiary/aromatic N) is 2. The number of amides is 1. The van der Waals surface area contributed by atoms with Crippen LogP contribution in [0.1, 0.15) is 0 Å². The number of nitrogens with one attached hydrogen (secondary N) is 1. The lowest BCUT2D eigenvalue weighted by Gasteiger charge is -2.18. The summed E-state index contributed by atoms with van der Waals surface area (Å²) in [6, 6.07) is 12.8. The van der Waals surface area contributed by atoms with Crippen LogP contribution in [0, 0.1) is 0 Å². The maximum absolute atomic E-state index is 12.2. The third-order valence-electron chi connectivity index (χ3n) is 3.65. The second-order valence-corrected chi connectivity index (χ2v) is 7.42. The molecule has 0 unspecified atom stereocenters. The van der Waals surface area contributed by atoms with Gasteiger partial charge in [-0.3, -0.25) is 4.79 Å². The van der Waals surface area contributed by atoms with E-state index < -0.39 is 0 Å². The number of hydrogen-bond acceptors (Lipinski definition) is 7. The second-order valence-electron chi connectivity index (χ2n) is 5.58. The summed E-state index contributed by atoms with van der Waals surface area (Å²) >= 11 is 4.56. The summed E-state index contributed by atoms with van der Waals surface area (Å²) in [6.45, 7) is 1.03. The monoisotopic (exact) mass is 447 g/mol. The molecule has 1 aromatic heterocycles. The molecule has 1 aliphatic rings. The van der Waals surface area contributed by atoms with E-state index in [-0.39, 0.29) is 11.7 Å². The van der Waals surface area contributed by atoms with Crippen molar-refractivity contribution in [2.45, 2.75) is 5.22 Å². The summed E-state index contributed by atoms with van der Waals surface area (Å²) in [5.74, 6) is 1.69. The highest BCUT2D eigenvalue weighted by atomic mass is 79.9. The summed E-state index contributed by atoms with van der Waals surface area (Å²) in [5, 5.41) is 11.1. The van der Waals surface area contributed by atoms with Crippen LogP contribution in [0.15, 0.2) is 56.6 Å². The summed E-state index contributed by atoms with van der Waals surface area (Å²) in [5.41, 5.74) is 1.46. The maximum Gasteiger partial charge on any atom is 0.277 e. The summed E-state index contributed by atoms with van der Waals surface area (Å²) < 4.78 is 17.5. The zero-order valence-electron chi connectivity index (χ0n) is 14.0. The van der Waals surface area contributed by atoms with E-state index in [0.717, 1.165) is 10.0 Å². The lowest BCUT2D eigenvalue weighted by Crippen LogP contribution is -2.17. The Balaban J connectivity index is 1.34. The molecule has 138 valence electrons. The van der Waals surface area contributed by atoms with Crippen LogP contribution >= 0.6 is 27.7 Å². The number of anilines is 1. The van der Waals surface area contributed by atoms with E-state index in [4.69, 9.17) is 13.9 Å². The number of aromatic nitrogens is 2. The number of ether oxygens (including phenoxy) is 2. The van der Waals surface area contributed by atoms with Crippen molar-refractivity contribution >= 4 is 39.3 Å². The highest BCUT2D eigenvalue weighted by Crippen LogP contribution is 2.32. The van der Waals surface area contributed by atoms with Gasteiger partial charge in [-0.25, -0.2) is 0 Å². The Morgan fingerprint density at radius 2 is 1.85 bits per heavy atom. The molecule has 9 heteroatoms. The lowest BCUT2D eigenvalue weighted by atomic mass is 10.2. The van der Waals surface area contributed by atoms with Gasteiger partial charge in [0.05, 0.1) is 5.75 Å². The topological polar surface area (TPSA) is 86.5 Å². The van der Waals surface area contributed by atoms with Gasteiger partial charge in [-0.15, -0.1) is 10.2 Å². The van der Waals surface area contributed by atoms with Crippen LogP contribution in [0.5, 0.6) is 11.5 Å². The van der Waals surface area contributed by atoms with Crippen molar-refractivity contribution in [1.29, 1.82) is 0 Å². The molecule has 2 aromatic carbocycles. The number of carbonyl (C=O) groups is 1. The predicted octanol–water partition coefficient (Wildman–Crippen LogP) is 4.00. The fraction of sp³-hybridized carbons (Fsp3) is 0.167.